The fourth-order valence-corrected chi connectivity index (χ4v) is 2.37. The molecule has 1 N–H and O–H groups in total. The summed E-state index contributed by atoms with van der Waals surface area (Å²) in [6.45, 7) is 5.52. The highest BCUT2D eigenvalue weighted by atomic mass is 16.5. The van der Waals surface area contributed by atoms with E-state index in [0.29, 0.717) is 19.7 Å². The van der Waals surface area contributed by atoms with Crippen LogP contribution < -0.4 is 0 Å². The van der Waals surface area contributed by atoms with E-state index in [1.807, 2.05) is 16.7 Å². The molecule has 0 bridgehead atoms. The number of ether oxygens (including phenoxy) is 1. The van der Waals surface area contributed by atoms with Crippen LogP contribution in [0.5, 0.6) is 0 Å². The van der Waals surface area contributed by atoms with Gasteiger partial charge in [0.25, 0.3) is 0 Å². The number of hydrogen-bond donors (Lipinski definition) is 1. The number of aliphatic hydroxyl groups is 1. The topological polar surface area (TPSA) is 53.0 Å². The Kier molecular flexibility index (Phi) is 7.23. The van der Waals surface area contributed by atoms with Crippen LogP contribution >= 0.6 is 0 Å². The lowest BCUT2D eigenvalue weighted by molar-refractivity contribution is -0.137. The van der Waals surface area contributed by atoms with E-state index in [1.165, 1.54) is 6.42 Å². The molecular formula is C13H26N2O3. The quantitative estimate of drug-likeness (QED) is 0.715. The van der Waals surface area contributed by atoms with Gasteiger partial charge >= 0.3 is 0 Å². The summed E-state index contributed by atoms with van der Waals surface area (Å²) < 4.78 is 5.05. The standard InChI is InChI=1S/C13H26N2O3/c1-12(14(8-10-16)9-11-18-2)13(17)15-6-4-3-5-7-15/h12,16H,3-11H2,1-2H3. The zero-order chi connectivity index (χ0) is 13.4. The first-order valence-electron chi connectivity index (χ1n) is 6.83. The molecule has 106 valence electrons. The van der Waals surface area contributed by atoms with Gasteiger partial charge in [-0.2, -0.15) is 0 Å². The van der Waals surface area contributed by atoms with Crippen molar-refractivity contribution in [2.24, 2.45) is 0 Å². The molecule has 0 aromatic carbocycles. The zero-order valence-corrected chi connectivity index (χ0v) is 11.6. The minimum atomic E-state index is -0.176. The molecule has 0 aromatic rings. The second-order valence-corrected chi connectivity index (χ2v) is 4.81. The number of nitrogens with zero attached hydrogens (tertiary/aromatic N) is 2. The Bertz CT molecular complexity index is 242. The molecule has 1 saturated heterocycles. The van der Waals surface area contributed by atoms with Gasteiger partial charge in [-0.15, -0.1) is 0 Å². The maximum Gasteiger partial charge on any atom is 0.239 e. The van der Waals surface area contributed by atoms with E-state index in [-0.39, 0.29) is 18.6 Å². The van der Waals surface area contributed by atoms with Crippen LogP contribution in [-0.4, -0.2) is 73.4 Å². The van der Waals surface area contributed by atoms with Crippen LogP contribution in [0.4, 0.5) is 0 Å². The Morgan fingerprint density at radius 1 is 1.33 bits per heavy atom. The first kappa shape index (κ1) is 15.4. The molecule has 0 saturated carbocycles. The summed E-state index contributed by atoms with van der Waals surface area (Å²) >= 11 is 0. The monoisotopic (exact) mass is 258 g/mol. The summed E-state index contributed by atoms with van der Waals surface area (Å²) in [5.41, 5.74) is 0. The Balaban J connectivity index is 2.50. The number of likely N-dealkylation sites (tertiary alicyclic amines) is 1. The van der Waals surface area contributed by atoms with E-state index in [9.17, 15) is 4.79 Å². The van der Waals surface area contributed by atoms with Crippen molar-refractivity contribution in [2.75, 3.05) is 46.5 Å². The summed E-state index contributed by atoms with van der Waals surface area (Å²) in [4.78, 5) is 16.3. The van der Waals surface area contributed by atoms with Crippen LogP contribution in [0.2, 0.25) is 0 Å². The lowest BCUT2D eigenvalue weighted by atomic mass is 10.1. The molecule has 1 rings (SSSR count). The molecule has 1 fully saturated rings. The van der Waals surface area contributed by atoms with Crippen molar-refractivity contribution in [3.8, 4) is 0 Å². The zero-order valence-electron chi connectivity index (χ0n) is 11.6. The molecule has 5 heteroatoms. The van der Waals surface area contributed by atoms with Crippen LogP contribution in [0.1, 0.15) is 26.2 Å². The van der Waals surface area contributed by atoms with Crippen molar-refractivity contribution in [3.63, 3.8) is 0 Å². The van der Waals surface area contributed by atoms with Crippen molar-refractivity contribution in [3.05, 3.63) is 0 Å². The van der Waals surface area contributed by atoms with Gasteiger partial charge in [0.15, 0.2) is 0 Å². The summed E-state index contributed by atoms with van der Waals surface area (Å²) in [5, 5.41) is 9.07. The Labute approximate surface area is 110 Å². The summed E-state index contributed by atoms with van der Waals surface area (Å²) in [6.07, 6.45) is 3.44. The molecule has 1 aliphatic heterocycles. The molecule has 18 heavy (non-hydrogen) atoms. The largest absolute Gasteiger partial charge is 0.395 e. The van der Waals surface area contributed by atoms with Crippen LogP contribution in [-0.2, 0) is 9.53 Å². The highest BCUT2D eigenvalue weighted by molar-refractivity contribution is 5.81. The van der Waals surface area contributed by atoms with Crippen LogP contribution in [0.25, 0.3) is 0 Å². The van der Waals surface area contributed by atoms with Crippen molar-refractivity contribution < 1.29 is 14.6 Å². The smallest absolute Gasteiger partial charge is 0.239 e. The Morgan fingerprint density at radius 2 is 2.00 bits per heavy atom. The maximum absolute atomic E-state index is 12.3. The van der Waals surface area contributed by atoms with Gasteiger partial charge < -0.3 is 14.7 Å². The Morgan fingerprint density at radius 3 is 2.56 bits per heavy atom. The summed E-state index contributed by atoms with van der Waals surface area (Å²) in [5.74, 6) is 0.180. The number of carbonyl (C=O) groups is 1. The normalized spacial score (nSPS) is 18.1. The molecular weight excluding hydrogens is 232 g/mol. The number of methoxy groups -OCH3 is 1. The van der Waals surface area contributed by atoms with E-state index in [1.54, 1.807) is 7.11 Å². The second-order valence-electron chi connectivity index (χ2n) is 4.81. The molecule has 0 aliphatic carbocycles. The SMILES string of the molecule is COCCN(CCO)C(C)C(=O)N1CCCCC1. The first-order chi connectivity index (χ1) is 8.70. The van der Waals surface area contributed by atoms with E-state index < -0.39 is 0 Å². The van der Waals surface area contributed by atoms with E-state index >= 15 is 0 Å². The third-order valence-corrected chi connectivity index (χ3v) is 3.54. The minimum Gasteiger partial charge on any atom is -0.395 e. The fraction of sp³-hybridized carbons (Fsp3) is 0.923. The van der Waals surface area contributed by atoms with Crippen LogP contribution in [0.15, 0.2) is 0 Å². The van der Waals surface area contributed by atoms with Crippen molar-refractivity contribution in [2.45, 2.75) is 32.2 Å². The summed E-state index contributed by atoms with van der Waals surface area (Å²) in [6, 6.07) is -0.176. The van der Waals surface area contributed by atoms with Gasteiger partial charge in [-0.25, -0.2) is 0 Å². The lowest BCUT2D eigenvalue weighted by Gasteiger charge is -2.34. The van der Waals surface area contributed by atoms with Gasteiger partial charge in [-0.1, -0.05) is 0 Å². The number of piperidine rings is 1. The number of rotatable bonds is 7. The van der Waals surface area contributed by atoms with Crippen LogP contribution in [0.3, 0.4) is 0 Å². The van der Waals surface area contributed by atoms with Gasteiger partial charge in [-0.05, 0) is 26.2 Å². The molecule has 1 unspecified atom stereocenters. The first-order valence-corrected chi connectivity index (χ1v) is 6.83. The number of amides is 1. The van der Waals surface area contributed by atoms with Crippen molar-refractivity contribution in [1.29, 1.82) is 0 Å². The molecule has 0 radical (unpaired) electrons. The van der Waals surface area contributed by atoms with E-state index in [0.717, 1.165) is 25.9 Å². The van der Waals surface area contributed by atoms with E-state index in [2.05, 4.69) is 0 Å². The molecule has 0 spiro atoms. The lowest BCUT2D eigenvalue weighted by Crippen LogP contribution is -2.50. The number of hydrogen-bond acceptors (Lipinski definition) is 4. The highest BCUT2D eigenvalue weighted by Crippen LogP contribution is 2.12. The second kappa shape index (κ2) is 8.45. The predicted octanol–water partition coefficient (Wildman–Crippen LogP) is 0.328. The van der Waals surface area contributed by atoms with Gasteiger partial charge in [0.2, 0.25) is 5.91 Å². The summed E-state index contributed by atoms with van der Waals surface area (Å²) in [7, 11) is 1.65. The average molecular weight is 258 g/mol. The third-order valence-electron chi connectivity index (χ3n) is 3.54. The molecule has 1 atom stereocenters. The minimum absolute atomic E-state index is 0.0708. The fourth-order valence-electron chi connectivity index (χ4n) is 2.37. The molecule has 1 heterocycles. The third kappa shape index (κ3) is 4.55. The molecule has 0 aromatic heterocycles. The highest BCUT2D eigenvalue weighted by Gasteiger charge is 2.26. The number of carbonyl (C=O) groups excluding carboxylic acids is 1. The molecule has 5 nitrogen and oxygen atoms in total. The predicted molar refractivity (Wildman–Crippen MR) is 70.4 cm³/mol. The van der Waals surface area contributed by atoms with E-state index in [4.69, 9.17) is 9.84 Å². The molecule has 1 aliphatic rings. The average Bonchev–Trinajstić information content (AvgIpc) is 2.43. The maximum atomic E-state index is 12.3. The van der Waals surface area contributed by atoms with Gasteiger partial charge in [-0.3, -0.25) is 9.69 Å². The van der Waals surface area contributed by atoms with Gasteiger partial charge in [0, 0.05) is 33.3 Å². The van der Waals surface area contributed by atoms with Gasteiger partial charge in [0.1, 0.15) is 0 Å². The Hall–Kier alpha value is -0.650. The number of aliphatic hydroxyl groups excluding tert-OH is 1. The molecule has 1 amide bonds. The van der Waals surface area contributed by atoms with Crippen molar-refractivity contribution in [1.82, 2.24) is 9.80 Å². The van der Waals surface area contributed by atoms with Crippen molar-refractivity contribution >= 4 is 5.91 Å². The van der Waals surface area contributed by atoms with Crippen LogP contribution in [0, 0.1) is 0 Å². The van der Waals surface area contributed by atoms with Gasteiger partial charge in [0.05, 0.1) is 19.3 Å².